The molecule has 5 nitrogen and oxygen atoms in total. The first kappa shape index (κ1) is 40.7. The van der Waals surface area contributed by atoms with Crippen molar-refractivity contribution in [1.82, 2.24) is 0 Å². The summed E-state index contributed by atoms with van der Waals surface area (Å²) in [6.07, 6.45) is 4.77. The van der Waals surface area contributed by atoms with Crippen molar-refractivity contribution in [2.45, 2.75) is 20.3 Å². The normalized spacial score (nSPS) is 13.2. The zero-order valence-electron chi connectivity index (χ0n) is 37.8. The van der Waals surface area contributed by atoms with Crippen LogP contribution in [-0.2, 0) is 6.42 Å². The van der Waals surface area contributed by atoms with Crippen molar-refractivity contribution >= 4 is 55.9 Å². The number of hydrogen-bond donors (Lipinski definition) is 0. The van der Waals surface area contributed by atoms with E-state index in [1.165, 1.54) is 11.1 Å². The first-order valence-corrected chi connectivity index (χ1v) is 23.1. The molecule has 0 fully saturated rings. The molecule has 0 saturated heterocycles. The second-order valence-electron chi connectivity index (χ2n) is 17.3. The largest absolute Gasteiger partial charge is 0.459 e. The van der Waals surface area contributed by atoms with E-state index in [9.17, 15) is 0 Å². The van der Waals surface area contributed by atoms with E-state index in [0.29, 0.717) is 6.42 Å². The Hall–Kier alpha value is -8.80. The van der Waals surface area contributed by atoms with Gasteiger partial charge in [-0.3, -0.25) is 0 Å². The van der Waals surface area contributed by atoms with Crippen LogP contribution in [0.4, 0.5) is 28.4 Å². The fourth-order valence-electron chi connectivity index (χ4n) is 9.83. The lowest BCUT2D eigenvalue weighted by Crippen LogP contribution is -2.18. The van der Waals surface area contributed by atoms with Gasteiger partial charge in [0.15, 0.2) is 5.58 Å². The van der Waals surface area contributed by atoms with Crippen LogP contribution in [0.3, 0.4) is 0 Å². The number of benzene rings is 9. The molecule has 68 heavy (non-hydrogen) atoms. The smallest absolute Gasteiger partial charge is 0.159 e. The van der Waals surface area contributed by atoms with Gasteiger partial charge in [-0.15, -0.1) is 0 Å². The number of rotatable bonds is 9. The first-order chi connectivity index (χ1) is 33.5. The Morgan fingerprint density at radius 1 is 0.515 bits per heavy atom. The molecule has 3 heterocycles. The number of ether oxygens (including phenoxy) is 2. The second kappa shape index (κ2) is 16.9. The molecule has 0 spiro atoms. The number of allylic oxidation sites excluding steroid dienone is 5. The molecule has 0 N–H and O–H groups in total. The molecular formula is C63H46N2O3. The summed E-state index contributed by atoms with van der Waals surface area (Å²) < 4.78 is 20.3. The van der Waals surface area contributed by atoms with Crippen molar-refractivity contribution < 1.29 is 13.9 Å². The molecular weight excluding hydrogens is 833 g/mol. The molecule has 0 unspecified atom stereocenters. The van der Waals surface area contributed by atoms with Crippen LogP contribution in [0, 0.1) is 0 Å². The minimum Gasteiger partial charge on any atom is -0.459 e. The average molecular weight is 879 g/mol. The fourth-order valence-corrected chi connectivity index (χ4v) is 9.83. The maximum atomic E-state index is 7.01. The number of para-hydroxylation sites is 3. The highest BCUT2D eigenvalue weighted by atomic mass is 16.5. The SMILES string of the molecule is C=C(C=CC)c1ccc(N(C(C)=C2Cc3ccccc3O2)c2ccc3c(c2)-c2ccccc2-c2cc(N(c4ccc(-c5ccccc5)cc4)c4cccc5c4oc4ccccc45)ccc2O3)cc1. The van der Waals surface area contributed by atoms with E-state index in [1.54, 1.807) is 0 Å². The monoisotopic (exact) mass is 878 g/mol. The number of fused-ring (bicyclic) bond motifs is 9. The molecule has 0 amide bonds. The topological polar surface area (TPSA) is 38.1 Å². The summed E-state index contributed by atoms with van der Waals surface area (Å²) in [4.78, 5) is 4.59. The second-order valence-corrected chi connectivity index (χ2v) is 17.3. The zero-order valence-corrected chi connectivity index (χ0v) is 37.8. The molecule has 0 atom stereocenters. The fraction of sp³-hybridized carbons (Fsp3) is 0.0476. The maximum Gasteiger partial charge on any atom is 0.159 e. The van der Waals surface area contributed by atoms with Crippen LogP contribution in [0.25, 0.3) is 60.9 Å². The van der Waals surface area contributed by atoms with Gasteiger partial charge in [-0.1, -0.05) is 146 Å². The van der Waals surface area contributed by atoms with Gasteiger partial charge in [0.05, 0.1) is 11.4 Å². The Kier molecular flexibility index (Phi) is 10.1. The van der Waals surface area contributed by atoms with Gasteiger partial charge < -0.3 is 23.7 Å². The number of hydrogen-bond acceptors (Lipinski definition) is 5. The molecule has 0 aliphatic carbocycles. The minimum atomic E-state index is 0.711. The van der Waals surface area contributed by atoms with Crippen molar-refractivity contribution in [3.05, 3.63) is 248 Å². The molecule has 1 aromatic heterocycles. The molecule has 5 heteroatoms. The summed E-state index contributed by atoms with van der Waals surface area (Å²) in [7, 11) is 0. The summed E-state index contributed by atoms with van der Waals surface area (Å²) in [5.74, 6) is 3.37. The van der Waals surface area contributed by atoms with E-state index < -0.39 is 0 Å². The van der Waals surface area contributed by atoms with Crippen LogP contribution in [0.2, 0.25) is 0 Å². The van der Waals surface area contributed by atoms with Gasteiger partial charge in [0, 0.05) is 56.6 Å². The quantitative estimate of drug-likeness (QED) is 0.135. The summed E-state index contributed by atoms with van der Waals surface area (Å²) in [6.45, 7) is 8.45. The Bertz CT molecular complexity index is 3610. The van der Waals surface area contributed by atoms with Gasteiger partial charge in [-0.25, -0.2) is 0 Å². The molecule has 10 aromatic rings. The predicted octanol–water partition coefficient (Wildman–Crippen LogP) is 17.8. The lowest BCUT2D eigenvalue weighted by molar-refractivity contribution is 0.438. The van der Waals surface area contributed by atoms with Crippen molar-refractivity contribution in [1.29, 1.82) is 0 Å². The van der Waals surface area contributed by atoms with Crippen LogP contribution >= 0.6 is 0 Å². The van der Waals surface area contributed by atoms with Gasteiger partial charge in [-0.05, 0) is 126 Å². The molecule has 2 aliphatic heterocycles. The van der Waals surface area contributed by atoms with Gasteiger partial charge in [0.25, 0.3) is 0 Å². The third-order valence-corrected chi connectivity index (χ3v) is 13.2. The predicted molar refractivity (Wildman–Crippen MR) is 281 cm³/mol. The van der Waals surface area contributed by atoms with Gasteiger partial charge in [-0.2, -0.15) is 0 Å². The standard InChI is InChI=1S/C63H46N2O3/c1-4-15-41(2)43-26-30-47(31-27-43)64(42(3)62-38-46-18-8-12-24-58(46)66-62)49-34-36-60-55(39-49)51-19-9-10-20-52(51)56-40-50(35-37-61(56)67-60)65(48-32-28-45(29-33-48)44-16-6-5-7-17-44)57-23-14-22-54-53-21-11-13-25-59(53)68-63(54)57/h4-37,39-40H,2,38H2,1,3H3. The van der Waals surface area contributed by atoms with E-state index in [-0.39, 0.29) is 0 Å². The molecule has 0 saturated carbocycles. The summed E-state index contributed by atoms with van der Waals surface area (Å²) in [5, 5.41) is 2.15. The van der Waals surface area contributed by atoms with Crippen molar-refractivity contribution in [3.8, 4) is 50.6 Å². The van der Waals surface area contributed by atoms with Gasteiger partial charge >= 0.3 is 0 Å². The average Bonchev–Trinajstić information content (AvgIpc) is 3.97. The van der Waals surface area contributed by atoms with Crippen molar-refractivity contribution in [3.63, 3.8) is 0 Å². The van der Waals surface area contributed by atoms with Crippen LogP contribution in [0.1, 0.15) is 25.0 Å². The van der Waals surface area contributed by atoms with Gasteiger partial charge in [0.1, 0.15) is 28.6 Å². The number of nitrogens with zero attached hydrogens (tertiary/aromatic N) is 2. The summed E-state index contributed by atoms with van der Waals surface area (Å²) in [5.41, 5.74) is 17.3. The Morgan fingerprint density at radius 3 is 1.88 bits per heavy atom. The van der Waals surface area contributed by atoms with Crippen molar-refractivity contribution in [2.24, 2.45) is 0 Å². The highest BCUT2D eigenvalue weighted by Crippen LogP contribution is 2.51. The highest BCUT2D eigenvalue weighted by molar-refractivity contribution is 6.10. The van der Waals surface area contributed by atoms with Gasteiger partial charge in [0.2, 0.25) is 0 Å². The molecule has 9 aromatic carbocycles. The van der Waals surface area contributed by atoms with E-state index in [0.717, 1.165) is 118 Å². The molecule has 2 aliphatic rings. The van der Waals surface area contributed by atoms with Crippen LogP contribution in [-0.4, -0.2) is 0 Å². The lowest BCUT2D eigenvalue weighted by atomic mass is 9.93. The minimum absolute atomic E-state index is 0.711. The number of furan rings is 1. The Balaban J connectivity index is 0.988. The maximum absolute atomic E-state index is 7.01. The zero-order chi connectivity index (χ0) is 45.7. The van der Waals surface area contributed by atoms with E-state index in [1.807, 2.05) is 43.3 Å². The lowest BCUT2D eigenvalue weighted by Gasteiger charge is -2.28. The Labute approximate surface area is 396 Å². The first-order valence-electron chi connectivity index (χ1n) is 23.1. The van der Waals surface area contributed by atoms with Crippen LogP contribution in [0.5, 0.6) is 17.2 Å². The Morgan fingerprint density at radius 2 is 1.13 bits per heavy atom. The van der Waals surface area contributed by atoms with Crippen LogP contribution < -0.4 is 19.3 Å². The molecule has 0 radical (unpaired) electrons. The third-order valence-electron chi connectivity index (χ3n) is 13.2. The third kappa shape index (κ3) is 7.13. The van der Waals surface area contributed by atoms with E-state index >= 15 is 0 Å². The van der Waals surface area contributed by atoms with E-state index in [2.05, 4.69) is 205 Å². The highest BCUT2D eigenvalue weighted by Gasteiger charge is 2.28. The molecule has 326 valence electrons. The summed E-state index contributed by atoms with van der Waals surface area (Å²) in [6, 6.07) is 72.5. The van der Waals surface area contributed by atoms with Crippen LogP contribution in [0.15, 0.2) is 241 Å². The summed E-state index contributed by atoms with van der Waals surface area (Å²) >= 11 is 0. The molecule has 12 rings (SSSR count). The number of anilines is 5. The van der Waals surface area contributed by atoms with E-state index in [4.69, 9.17) is 13.9 Å². The van der Waals surface area contributed by atoms with Crippen molar-refractivity contribution in [2.75, 3.05) is 9.80 Å². The molecule has 0 bridgehead atoms.